The van der Waals surface area contributed by atoms with E-state index in [4.69, 9.17) is 5.11 Å². The van der Waals surface area contributed by atoms with Crippen molar-refractivity contribution in [2.75, 3.05) is 24.5 Å². The molecule has 0 aromatic heterocycles. The van der Waals surface area contributed by atoms with E-state index in [0.717, 1.165) is 26.1 Å². The highest BCUT2D eigenvalue weighted by Crippen LogP contribution is 2.25. The Morgan fingerprint density at radius 3 is 2.74 bits per heavy atom. The first-order valence-electron chi connectivity index (χ1n) is 6.84. The largest absolute Gasteiger partial charge is 0.481 e. The van der Waals surface area contributed by atoms with Crippen LogP contribution in [-0.2, 0) is 4.79 Å². The van der Waals surface area contributed by atoms with Gasteiger partial charge in [-0.15, -0.1) is 0 Å². The molecule has 104 valence electrons. The molecular weight excluding hydrogens is 240 g/mol. The van der Waals surface area contributed by atoms with Crippen LogP contribution in [-0.4, -0.2) is 36.8 Å². The number of rotatable bonds is 3. The Morgan fingerprint density at radius 2 is 2.11 bits per heavy atom. The molecule has 1 aromatic rings. The predicted octanol–water partition coefficient (Wildman–Crippen LogP) is 1.95. The standard InChI is InChI=1S/C15H22N2O2/c1-11-5-3-6-12(2)15(11)17-8-4-7-16-13(10-17)9-14(18)19/h3,5-6,13,16H,4,7-10H2,1-2H3,(H,18,19). The number of carboxylic acid groups (broad SMARTS) is 1. The maximum atomic E-state index is 10.9. The van der Waals surface area contributed by atoms with Gasteiger partial charge in [0.2, 0.25) is 0 Å². The number of hydrogen-bond acceptors (Lipinski definition) is 3. The summed E-state index contributed by atoms with van der Waals surface area (Å²) in [7, 11) is 0. The van der Waals surface area contributed by atoms with Crippen LogP contribution >= 0.6 is 0 Å². The minimum absolute atomic E-state index is 0.0269. The van der Waals surface area contributed by atoms with Gasteiger partial charge in [0.05, 0.1) is 6.42 Å². The molecule has 0 radical (unpaired) electrons. The van der Waals surface area contributed by atoms with Crippen LogP contribution in [0.1, 0.15) is 24.0 Å². The average molecular weight is 262 g/mol. The Balaban J connectivity index is 2.20. The van der Waals surface area contributed by atoms with Crippen molar-refractivity contribution in [1.82, 2.24) is 5.32 Å². The molecule has 1 aliphatic rings. The minimum Gasteiger partial charge on any atom is -0.481 e. The number of carboxylic acids is 1. The van der Waals surface area contributed by atoms with Crippen LogP contribution in [0.3, 0.4) is 0 Å². The molecule has 0 spiro atoms. The maximum Gasteiger partial charge on any atom is 0.304 e. The van der Waals surface area contributed by atoms with E-state index in [-0.39, 0.29) is 12.5 Å². The van der Waals surface area contributed by atoms with Crippen LogP contribution in [0.25, 0.3) is 0 Å². The highest BCUT2D eigenvalue weighted by Gasteiger charge is 2.21. The lowest BCUT2D eigenvalue weighted by molar-refractivity contribution is -0.137. The van der Waals surface area contributed by atoms with E-state index in [2.05, 4.69) is 42.3 Å². The van der Waals surface area contributed by atoms with Crippen molar-refractivity contribution in [3.05, 3.63) is 29.3 Å². The fraction of sp³-hybridized carbons (Fsp3) is 0.533. The van der Waals surface area contributed by atoms with Crippen molar-refractivity contribution < 1.29 is 9.90 Å². The van der Waals surface area contributed by atoms with Gasteiger partial charge < -0.3 is 15.3 Å². The minimum atomic E-state index is -0.735. The first-order valence-corrected chi connectivity index (χ1v) is 6.84. The van der Waals surface area contributed by atoms with Crippen LogP contribution in [0.2, 0.25) is 0 Å². The molecular formula is C15H22N2O2. The summed E-state index contributed by atoms with van der Waals surface area (Å²) >= 11 is 0. The molecule has 1 aromatic carbocycles. The molecule has 1 saturated heterocycles. The number of nitrogens with one attached hydrogen (secondary N) is 1. The van der Waals surface area contributed by atoms with E-state index >= 15 is 0 Å². The van der Waals surface area contributed by atoms with Crippen molar-refractivity contribution in [2.24, 2.45) is 0 Å². The summed E-state index contributed by atoms with van der Waals surface area (Å²) in [6, 6.07) is 6.33. The maximum absolute atomic E-state index is 10.9. The molecule has 0 amide bonds. The van der Waals surface area contributed by atoms with Crippen molar-refractivity contribution in [3.8, 4) is 0 Å². The predicted molar refractivity (Wildman–Crippen MR) is 76.8 cm³/mol. The Bertz CT molecular complexity index is 439. The Hall–Kier alpha value is -1.55. The molecule has 1 unspecified atom stereocenters. The van der Waals surface area contributed by atoms with Gasteiger partial charge >= 0.3 is 5.97 Å². The average Bonchev–Trinajstić information content (AvgIpc) is 2.54. The van der Waals surface area contributed by atoms with E-state index < -0.39 is 5.97 Å². The molecule has 2 N–H and O–H groups in total. The molecule has 1 aliphatic heterocycles. The number of hydrogen-bond donors (Lipinski definition) is 2. The fourth-order valence-electron chi connectivity index (χ4n) is 2.85. The third-order valence-electron chi connectivity index (χ3n) is 3.66. The van der Waals surface area contributed by atoms with Crippen molar-refractivity contribution >= 4 is 11.7 Å². The van der Waals surface area contributed by atoms with Gasteiger partial charge in [-0.25, -0.2) is 0 Å². The third-order valence-corrected chi connectivity index (χ3v) is 3.66. The number of anilines is 1. The third kappa shape index (κ3) is 3.47. The summed E-state index contributed by atoms with van der Waals surface area (Å²) in [4.78, 5) is 13.2. The molecule has 4 nitrogen and oxygen atoms in total. The molecule has 4 heteroatoms. The van der Waals surface area contributed by atoms with Crippen molar-refractivity contribution in [1.29, 1.82) is 0 Å². The second kappa shape index (κ2) is 6.06. The number of nitrogens with zero attached hydrogens (tertiary/aromatic N) is 1. The van der Waals surface area contributed by atoms with Crippen LogP contribution in [0.4, 0.5) is 5.69 Å². The van der Waals surface area contributed by atoms with Gasteiger partial charge in [-0.05, 0) is 37.9 Å². The Morgan fingerprint density at radius 1 is 1.42 bits per heavy atom. The molecule has 0 aliphatic carbocycles. The molecule has 1 fully saturated rings. The van der Waals surface area contributed by atoms with Crippen molar-refractivity contribution in [3.63, 3.8) is 0 Å². The molecule has 1 heterocycles. The van der Waals surface area contributed by atoms with Gasteiger partial charge in [0.25, 0.3) is 0 Å². The Kier molecular flexibility index (Phi) is 4.43. The highest BCUT2D eigenvalue weighted by molar-refractivity contribution is 5.68. The summed E-state index contributed by atoms with van der Waals surface area (Å²) < 4.78 is 0. The summed E-state index contributed by atoms with van der Waals surface area (Å²) in [6.07, 6.45) is 1.23. The number of benzene rings is 1. The zero-order valence-corrected chi connectivity index (χ0v) is 11.6. The first-order chi connectivity index (χ1) is 9.08. The summed E-state index contributed by atoms with van der Waals surface area (Å²) in [5.74, 6) is -0.735. The number of carbonyl (C=O) groups is 1. The lowest BCUT2D eigenvalue weighted by atomic mass is 10.1. The lowest BCUT2D eigenvalue weighted by Gasteiger charge is -2.29. The van der Waals surface area contributed by atoms with Gasteiger partial charge in [-0.2, -0.15) is 0 Å². The second-order valence-corrected chi connectivity index (χ2v) is 5.29. The number of para-hydroxylation sites is 1. The van der Waals surface area contributed by atoms with Gasteiger partial charge in [0.15, 0.2) is 0 Å². The number of aliphatic carboxylic acids is 1. The molecule has 19 heavy (non-hydrogen) atoms. The molecule has 0 bridgehead atoms. The van der Waals surface area contributed by atoms with E-state index in [1.54, 1.807) is 0 Å². The zero-order chi connectivity index (χ0) is 13.8. The number of aryl methyl sites for hydroxylation is 2. The van der Waals surface area contributed by atoms with Crippen LogP contribution in [0.5, 0.6) is 0 Å². The van der Waals surface area contributed by atoms with Crippen LogP contribution < -0.4 is 10.2 Å². The zero-order valence-electron chi connectivity index (χ0n) is 11.6. The van der Waals surface area contributed by atoms with E-state index in [0.29, 0.717) is 0 Å². The van der Waals surface area contributed by atoms with Gasteiger partial charge in [0, 0.05) is 24.8 Å². The van der Waals surface area contributed by atoms with Gasteiger partial charge in [-0.1, -0.05) is 18.2 Å². The van der Waals surface area contributed by atoms with Gasteiger partial charge in [-0.3, -0.25) is 4.79 Å². The molecule has 1 atom stereocenters. The van der Waals surface area contributed by atoms with E-state index in [1.165, 1.54) is 16.8 Å². The summed E-state index contributed by atoms with van der Waals surface area (Å²) in [6.45, 7) is 6.87. The topological polar surface area (TPSA) is 52.6 Å². The SMILES string of the molecule is Cc1cccc(C)c1N1CCCNC(CC(=O)O)C1. The lowest BCUT2D eigenvalue weighted by Crippen LogP contribution is -2.39. The highest BCUT2D eigenvalue weighted by atomic mass is 16.4. The van der Waals surface area contributed by atoms with Crippen LogP contribution in [0.15, 0.2) is 18.2 Å². The summed E-state index contributed by atoms with van der Waals surface area (Å²) in [5.41, 5.74) is 3.79. The smallest absolute Gasteiger partial charge is 0.304 e. The normalized spacial score (nSPS) is 20.1. The monoisotopic (exact) mass is 262 g/mol. The quantitative estimate of drug-likeness (QED) is 0.874. The van der Waals surface area contributed by atoms with E-state index in [1.807, 2.05) is 0 Å². The van der Waals surface area contributed by atoms with E-state index in [9.17, 15) is 4.79 Å². The molecule has 2 rings (SSSR count). The van der Waals surface area contributed by atoms with Gasteiger partial charge in [0.1, 0.15) is 0 Å². The Labute approximate surface area is 114 Å². The summed E-state index contributed by atoms with van der Waals surface area (Å²) in [5, 5.41) is 12.3. The first kappa shape index (κ1) is 13.9. The van der Waals surface area contributed by atoms with Crippen LogP contribution in [0, 0.1) is 13.8 Å². The van der Waals surface area contributed by atoms with Crippen molar-refractivity contribution in [2.45, 2.75) is 32.7 Å². The fourth-order valence-corrected chi connectivity index (χ4v) is 2.85. The molecule has 0 saturated carbocycles. The second-order valence-electron chi connectivity index (χ2n) is 5.29.